The predicted octanol–water partition coefficient (Wildman–Crippen LogP) is -4.50. The Kier molecular flexibility index (Phi) is 24.8. The quantitative estimate of drug-likeness (QED) is 0.356. The molecule has 0 bridgehead atoms. The van der Waals surface area contributed by atoms with Crippen molar-refractivity contribution >= 4 is 9.17 Å². The summed E-state index contributed by atoms with van der Waals surface area (Å²) in [6, 6.07) is 0. The first-order chi connectivity index (χ1) is 1.73. The molecule has 0 aromatic carbocycles. The van der Waals surface area contributed by atoms with Crippen molar-refractivity contribution in [2.75, 3.05) is 0 Å². The summed E-state index contributed by atoms with van der Waals surface area (Å²) in [6.45, 7) is 0. The first-order valence-corrected chi connectivity index (χ1v) is 1.95. The van der Waals surface area contributed by atoms with Crippen molar-refractivity contribution in [2.24, 2.45) is 0 Å². The second kappa shape index (κ2) is 9.46. The Hall–Kier alpha value is 1.14. The Balaban J connectivity index is -0.0000000150. The van der Waals surface area contributed by atoms with Crippen LogP contribution in [0.25, 0.3) is 0 Å². The van der Waals surface area contributed by atoms with Crippen LogP contribution in [-0.2, 0) is 21.5 Å². The third-order valence-electron chi connectivity index (χ3n) is 0. The van der Waals surface area contributed by atoms with Crippen molar-refractivity contribution in [3.63, 3.8) is 0 Å². The first-order valence-electron chi connectivity index (χ1n) is 0.651. The molecule has 0 spiro atoms. The van der Waals surface area contributed by atoms with Gasteiger partial charge in [0.2, 0.25) is 0 Å². The number of hydrogen-bond acceptors (Lipinski definition) is 1. The van der Waals surface area contributed by atoms with E-state index in [1.54, 1.807) is 0 Å². The fraction of sp³-hybridized carbons (Fsp3) is 0. The molecule has 37 valence electrons. The summed E-state index contributed by atoms with van der Waals surface area (Å²) >= 11 is 0. The van der Waals surface area contributed by atoms with Crippen LogP contribution in [0.4, 0.5) is 0 Å². The van der Waals surface area contributed by atoms with Gasteiger partial charge < -0.3 is 11.0 Å². The van der Waals surface area contributed by atoms with Crippen LogP contribution in [0.2, 0.25) is 0 Å². The Labute approximate surface area is 70.9 Å². The molecule has 0 rings (SSSR count). The molecule has 0 aliphatic rings. The van der Waals surface area contributed by atoms with E-state index in [1.165, 1.54) is 0 Å². The maximum absolute atomic E-state index is 8.74. The summed E-state index contributed by atoms with van der Waals surface area (Å²) < 4.78 is 8.74. The molecular weight excluding hydrogens is 163 g/mol. The van der Waals surface area contributed by atoms with Crippen LogP contribution in [0.3, 0.4) is 0 Å². The van der Waals surface area contributed by atoms with Gasteiger partial charge in [0, 0.05) is 17.1 Å². The van der Waals surface area contributed by atoms with E-state index in [2.05, 4.69) is 0 Å². The Morgan fingerprint density at radius 2 is 1.50 bits per heavy atom. The van der Waals surface area contributed by atoms with E-state index < -0.39 is 9.17 Å². The van der Waals surface area contributed by atoms with Gasteiger partial charge >= 0.3 is 38.7 Å². The summed E-state index contributed by atoms with van der Waals surface area (Å²) in [5.41, 5.74) is 0. The fourth-order valence-electron chi connectivity index (χ4n) is 0. The van der Waals surface area contributed by atoms with Gasteiger partial charge in [-0.15, -0.1) is 0 Å². The topological polar surface area (TPSA) is 57.5 Å². The molecule has 0 atom stereocenters. The summed E-state index contributed by atoms with van der Waals surface area (Å²) in [5, 5.41) is 0. The third-order valence-corrected chi connectivity index (χ3v) is 0. The van der Waals surface area contributed by atoms with Crippen LogP contribution in [0.5, 0.6) is 0 Å². The van der Waals surface area contributed by atoms with Crippen LogP contribution in [0.1, 0.15) is 1.43 Å². The van der Waals surface area contributed by atoms with Gasteiger partial charge in [-0.05, 0) is 0 Å². The van der Waals surface area contributed by atoms with E-state index in [0.29, 0.717) is 0 Å². The zero-order valence-electron chi connectivity index (χ0n) is 4.10. The van der Waals surface area contributed by atoms with Crippen molar-refractivity contribution in [1.29, 1.82) is 0 Å². The molecule has 0 aliphatic heterocycles. The molecule has 1 radical (unpaired) electrons. The first kappa shape index (κ1) is 15.7. The third kappa shape index (κ3) is 68.1. The minimum absolute atomic E-state index is 0. The van der Waals surface area contributed by atoms with E-state index in [9.17, 15) is 0 Å². The molecular formula is H3CuNaO3Si. The van der Waals surface area contributed by atoms with Crippen LogP contribution in [-0.4, -0.2) is 18.8 Å². The average molecular weight is 166 g/mol. The zero-order valence-corrected chi connectivity index (χ0v) is 7.05. The molecule has 0 unspecified atom stereocenters. The van der Waals surface area contributed by atoms with E-state index in [0.717, 1.165) is 0 Å². The van der Waals surface area contributed by atoms with Crippen LogP contribution < -0.4 is 29.6 Å². The summed E-state index contributed by atoms with van der Waals surface area (Å²) in [6.07, 6.45) is 0. The summed E-state index contributed by atoms with van der Waals surface area (Å²) in [4.78, 5) is 14.3. The number of rotatable bonds is 0. The molecule has 0 amide bonds. The maximum atomic E-state index is 8.74. The molecule has 3 nitrogen and oxygen atoms in total. The average Bonchev–Trinajstić information content (AvgIpc) is 0.811. The molecule has 0 saturated heterocycles. The Bertz CT molecular complexity index is 37.9. The van der Waals surface area contributed by atoms with E-state index in [4.69, 9.17) is 14.1 Å². The van der Waals surface area contributed by atoms with Gasteiger partial charge in [-0.2, -0.15) is 0 Å². The molecule has 0 fully saturated rings. The molecule has 0 aromatic rings. The molecule has 6 heteroatoms. The van der Waals surface area contributed by atoms with E-state index in [-0.39, 0.29) is 48.1 Å². The number of hydrogen-bond donors (Lipinski definition) is 2. The van der Waals surface area contributed by atoms with Crippen molar-refractivity contribution < 1.29 is 62.1 Å². The van der Waals surface area contributed by atoms with Crippen LogP contribution in [0, 0.1) is 0 Å². The summed E-state index contributed by atoms with van der Waals surface area (Å²) in [5.74, 6) is 0. The van der Waals surface area contributed by atoms with Crippen molar-refractivity contribution in [1.82, 2.24) is 0 Å². The van der Waals surface area contributed by atoms with Gasteiger partial charge in [0.25, 0.3) is 0 Å². The fourth-order valence-corrected chi connectivity index (χ4v) is 0. The monoisotopic (exact) mass is 165 g/mol. The minimum Gasteiger partial charge on any atom is -1.00 e. The largest absolute Gasteiger partial charge is 1.00 e. The van der Waals surface area contributed by atoms with E-state index >= 15 is 0 Å². The van der Waals surface area contributed by atoms with Crippen molar-refractivity contribution in [2.45, 2.75) is 0 Å². The molecule has 0 aromatic heterocycles. The molecule has 0 heterocycles. The van der Waals surface area contributed by atoms with E-state index in [1.807, 2.05) is 0 Å². The van der Waals surface area contributed by atoms with Gasteiger partial charge in [-0.3, -0.25) is 4.46 Å². The predicted molar refractivity (Wildman–Crippen MR) is 12.0 cm³/mol. The maximum Gasteiger partial charge on any atom is 1.00 e. The molecule has 6 heavy (non-hydrogen) atoms. The second-order valence-electron chi connectivity index (χ2n) is 0.283. The minimum atomic E-state index is -3.13. The van der Waals surface area contributed by atoms with Gasteiger partial charge in [0.15, 0.2) is 0 Å². The van der Waals surface area contributed by atoms with Gasteiger partial charge in [-0.1, -0.05) is 0 Å². The van der Waals surface area contributed by atoms with Gasteiger partial charge in [0.1, 0.15) is 0 Å². The SMILES string of the molecule is O=[Si](O)O.[Cu].[H-].[Na+]. The Morgan fingerprint density at radius 3 is 1.50 bits per heavy atom. The van der Waals surface area contributed by atoms with Crippen molar-refractivity contribution in [3.05, 3.63) is 0 Å². The second-order valence-corrected chi connectivity index (χ2v) is 0.848. The van der Waals surface area contributed by atoms with Gasteiger partial charge in [-0.25, -0.2) is 0 Å². The molecule has 2 N–H and O–H groups in total. The molecule has 0 saturated carbocycles. The van der Waals surface area contributed by atoms with Crippen molar-refractivity contribution in [3.8, 4) is 0 Å². The standard InChI is InChI=1S/Cu.Na.H2O3Si.H/c;;1-4(2)3;/h;;1-2H;/q;+1;;-1. The normalized spacial score (nSPS) is 4.00. The van der Waals surface area contributed by atoms with Crippen LogP contribution in [0.15, 0.2) is 0 Å². The van der Waals surface area contributed by atoms with Gasteiger partial charge in [0.05, 0.1) is 0 Å². The Morgan fingerprint density at radius 1 is 1.50 bits per heavy atom. The summed E-state index contributed by atoms with van der Waals surface area (Å²) in [7, 11) is -3.13. The smallest absolute Gasteiger partial charge is 1.00 e. The van der Waals surface area contributed by atoms with Crippen LogP contribution >= 0.6 is 0 Å². The zero-order chi connectivity index (χ0) is 3.58. The molecule has 0 aliphatic carbocycles.